The van der Waals surface area contributed by atoms with Crippen molar-refractivity contribution >= 4 is 69.6 Å². The molecule has 0 nitrogen and oxygen atoms in total. The Morgan fingerprint density at radius 1 is 0.600 bits per heavy atom. The van der Waals surface area contributed by atoms with E-state index in [1.807, 2.05) is 0 Å². The molecular weight excluding hydrogens is 381 g/mol. The summed E-state index contributed by atoms with van der Waals surface area (Å²) in [4.78, 5) is 0. The van der Waals surface area contributed by atoms with Crippen molar-refractivity contribution in [3.8, 4) is 0 Å². The summed E-state index contributed by atoms with van der Waals surface area (Å²) >= 11 is 35.3. The lowest BCUT2D eigenvalue weighted by Gasteiger charge is -2.37. The van der Waals surface area contributed by atoms with Gasteiger partial charge in [0.25, 0.3) is 0 Å². The Morgan fingerprint density at radius 3 is 1.00 bits per heavy atom. The van der Waals surface area contributed by atoms with Crippen molar-refractivity contribution in [1.82, 2.24) is 0 Å². The van der Waals surface area contributed by atoms with Gasteiger partial charge in [0.1, 0.15) is 0 Å². The number of halogens is 6. The second-order valence-corrected chi connectivity index (χ2v) is 7.85. The van der Waals surface area contributed by atoms with Gasteiger partial charge in [-0.25, -0.2) is 0 Å². The normalized spacial score (nSPS) is 37.0. The SMILES string of the molecule is Cc1cccc(C)c1.Cl[C@H]1[C@H](Cl)[C@@H](Cl)[C@@H](Cl)[C@H](Cl)[C@H]1Cl. The zero-order valence-electron chi connectivity index (χ0n) is 11.0. The van der Waals surface area contributed by atoms with Gasteiger partial charge in [-0.2, -0.15) is 0 Å². The number of hydrogen-bond acceptors (Lipinski definition) is 0. The van der Waals surface area contributed by atoms with E-state index in [2.05, 4.69) is 38.1 Å². The van der Waals surface area contributed by atoms with Gasteiger partial charge in [0.15, 0.2) is 0 Å². The molecule has 0 heterocycles. The fraction of sp³-hybridized carbons (Fsp3) is 0.571. The molecule has 1 saturated carbocycles. The van der Waals surface area contributed by atoms with Gasteiger partial charge in [-0.1, -0.05) is 35.4 Å². The maximum absolute atomic E-state index is 5.88. The molecule has 0 aromatic heterocycles. The van der Waals surface area contributed by atoms with Crippen LogP contribution in [0.2, 0.25) is 0 Å². The molecular formula is C14H16Cl6. The summed E-state index contributed by atoms with van der Waals surface area (Å²) < 4.78 is 0. The third-order valence-electron chi connectivity index (χ3n) is 3.00. The summed E-state index contributed by atoms with van der Waals surface area (Å²) in [6, 6.07) is 8.45. The van der Waals surface area contributed by atoms with Crippen LogP contribution in [0, 0.1) is 13.8 Å². The van der Waals surface area contributed by atoms with Gasteiger partial charge in [-0.05, 0) is 13.8 Å². The number of aryl methyl sites for hydroxylation is 2. The minimum atomic E-state index is -0.437. The standard InChI is InChI=1S/C8H10.C6H6Cl6/c1-7-4-3-5-8(2)6-7;7-1-2(8)4(10)6(12)5(11)3(1)9/h3-6H,1-2H3;1-6H/t;1-,2-,3-,4+,5+,6+. The molecule has 0 aliphatic heterocycles. The second kappa shape index (κ2) is 8.56. The van der Waals surface area contributed by atoms with Crippen LogP contribution in [0.3, 0.4) is 0 Å². The van der Waals surface area contributed by atoms with Crippen LogP contribution in [0.1, 0.15) is 11.1 Å². The van der Waals surface area contributed by atoms with Crippen molar-refractivity contribution in [3.05, 3.63) is 35.4 Å². The van der Waals surface area contributed by atoms with Crippen molar-refractivity contribution < 1.29 is 0 Å². The number of hydrogen-bond donors (Lipinski definition) is 0. The average molecular weight is 397 g/mol. The molecule has 2 rings (SSSR count). The van der Waals surface area contributed by atoms with Gasteiger partial charge >= 0.3 is 0 Å². The summed E-state index contributed by atoms with van der Waals surface area (Å²) in [5.41, 5.74) is 2.68. The van der Waals surface area contributed by atoms with Gasteiger partial charge in [-0.15, -0.1) is 69.6 Å². The second-order valence-electron chi connectivity index (χ2n) is 4.82. The highest BCUT2D eigenvalue weighted by molar-refractivity contribution is 6.45. The maximum Gasteiger partial charge on any atom is 0.0693 e. The Bertz CT molecular complexity index is 348. The van der Waals surface area contributed by atoms with Gasteiger partial charge in [-0.3, -0.25) is 0 Å². The molecule has 0 saturated heterocycles. The minimum absolute atomic E-state index is 0.437. The first-order valence-electron chi connectivity index (χ1n) is 6.13. The van der Waals surface area contributed by atoms with Crippen LogP contribution in [0.4, 0.5) is 0 Å². The lowest BCUT2D eigenvalue weighted by atomic mass is 9.97. The molecule has 0 atom stereocenters. The highest BCUT2D eigenvalue weighted by Gasteiger charge is 2.46. The Hall–Kier alpha value is 0.960. The molecule has 1 aromatic rings. The van der Waals surface area contributed by atoms with Crippen LogP contribution in [0.15, 0.2) is 24.3 Å². The molecule has 1 aromatic carbocycles. The zero-order chi connectivity index (χ0) is 15.4. The maximum atomic E-state index is 5.88. The zero-order valence-corrected chi connectivity index (χ0v) is 15.6. The van der Waals surface area contributed by atoms with Crippen molar-refractivity contribution in [2.45, 2.75) is 46.1 Å². The van der Waals surface area contributed by atoms with Crippen molar-refractivity contribution in [1.29, 1.82) is 0 Å². The molecule has 6 heteroatoms. The molecule has 20 heavy (non-hydrogen) atoms. The highest BCUT2D eigenvalue weighted by atomic mass is 35.5. The molecule has 0 N–H and O–H groups in total. The third-order valence-corrected chi connectivity index (χ3v) is 7.03. The van der Waals surface area contributed by atoms with E-state index in [1.54, 1.807) is 0 Å². The fourth-order valence-corrected chi connectivity index (χ4v) is 4.19. The molecule has 0 amide bonds. The molecule has 0 bridgehead atoms. The van der Waals surface area contributed by atoms with Crippen LogP contribution >= 0.6 is 69.6 Å². The van der Waals surface area contributed by atoms with Gasteiger partial charge in [0.05, 0.1) is 32.3 Å². The van der Waals surface area contributed by atoms with Crippen LogP contribution < -0.4 is 0 Å². The van der Waals surface area contributed by atoms with E-state index in [-0.39, 0.29) is 0 Å². The first kappa shape index (κ1) is 19.0. The smallest absolute Gasteiger partial charge is 0.0693 e. The van der Waals surface area contributed by atoms with Crippen LogP contribution in [-0.2, 0) is 0 Å². The van der Waals surface area contributed by atoms with E-state index in [4.69, 9.17) is 69.6 Å². The lowest BCUT2D eigenvalue weighted by molar-refractivity contribution is 0.544. The molecule has 0 unspecified atom stereocenters. The van der Waals surface area contributed by atoms with Crippen LogP contribution in [0.25, 0.3) is 0 Å². The molecule has 1 fully saturated rings. The number of alkyl halides is 6. The predicted octanol–water partition coefficient (Wildman–Crippen LogP) is 5.95. The van der Waals surface area contributed by atoms with E-state index in [1.165, 1.54) is 11.1 Å². The molecule has 0 spiro atoms. The third kappa shape index (κ3) is 5.00. The van der Waals surface area contributed by atoms with E-state index >= 15 is 0 Å². The van der Waals surface area contributed by atoms with Crippen LogP contribution in [-0.4, -0.2) is 32.3 Å². The minimum Gasteiger partial charge on any atom is -0.120 e. The average Bonchev–Trinajstić information content (AvgIpc) is 2.41. The molecule has 114 valence electrons. The van der Waals surface area contributed by atoms with Gasteiger partial charge in [0.2, 0.25) is 0 Å². The summed E-state index contributed by atoms with van der Waals surface area (Å²) in [7, 11) is 0. The number of benzene rings is 1. The topological polar surface area (TPSA) is 0 Å². The molecule has 1 aliphatic carbocycles. The Labute approximate surface area is 150 Å². The summed E-state index contributed by atoms with van der Waals surface area (Å²) in [5.74, 6) is 0. The Morgan fingerprint density at radius 2 is 0.850 bits per heavy atom. The van der Waals surface area contributed by atoms with E-state index in [0.29, 0.717) is 0 Å². The molecule has 1 aliphatic rings. The van der Waals surface area contributed by atoms with E-state index < -0.39 is 32.3 Å². The van der Waals surface area contributed by atoms with E-state index in [9.17, 15) is 0 Å². The predicted molar refractivity (Wildman–Crippen MR) is 93.8 cm³/mol. The monoisotopic (exact) mass is 394 g/mol. The highest BCUT2D eigenvalue weighted by Crippen LogP contribution is 2.39. The Kier molecular flexibility index (Phi) is 8.13. The molecule has 0 radical (unpaired) electrons. The van der Waals surface area contributed by atoms with Crippen molar-refractivity contribution in [3.63, 3.8) is 0 Å². The number of rotatable bonds is 0. The fourth-order valence-electron chi connectivity index (χ4n) is 1.86. The summed E-state index contributed by atoms with van der Waals surface area (Å²) in [6.07, 6.45) is 0. The van der Waals surface area contributed by atoms with E-state index in [0.717, 1.165) is 0 Å². The Balaban J connectivity index is 0.000000217. The summed E-state index contributed by atoms with van der Waals surface area (Å²) in [5, 5.41) is -2.62. The first-order valence-corrected chi connectivity index (χ1v) is 8.75. The quantitative estimate of drug-likeness (QED) is 0.475. The van der Waals surface area contributed by atoms with Crippen molar-refractivity contribution in [2.75, 3.05) is 0 Å². The first-order chi connectivity index (χ1) is 9.25. The van der Waals surface area contributed by atoms with Gasteiger partial charge in [0, 0.05) is 0 Å². The lowest BCUT2D eigenvalue weighted by Crippen LogP contribution is -2.52. The largest absolute Gasteiger partial charge is 0.120 e. The van der Waals surface area contributed by atoms with Gasteiger partial charge < -0.3 is 0 Å². The van der Waals surface area contributed by atoms with Crippen LogP contribution in [0.5, 0.6) is 0 Å². The summed E-state index contributed by atoms with van der Waals surface area (Å²) in [6.45, 7) is 4.21. The van der Waals surface area contributed by atoms with Crippen molar-refractivity contribution in [2.24, 2.45) is 0 Å².